The van der Waals surface area contributed by atoms with Crippen molar-refractivity contribution in [2.45, 2.75) is 12.2 Å². The van der Waals surface area contributed by atoms with E-state index < -0.39 is 28.4 Å². The van der Waals surface area contributed by atoms with Crippen LogP contribution in [0.4, 0.5) is 0 Å². The fraction of sp³-hybridized carbons (Fsp3) is 0.286. The molecule has 2 heterocycles. The molecule has 1 amide bonds. The van der Waals surface area contributed by atoms with Crippen molar-refractivity contribution in [2.24, 2.45) is 0 Å². The minimum absolute atomic E-state index is 0.0908. The summed E-state index contributed by atoms with van der Waals surface area (Å²) in [5, 5.41) is 19.0. The fourth-order valence-corrected chi connectivity index (χ4v) is 5.03. The van der Waals surface area contributed by atoms with Gasteiger partial charge in [0.2, 0.25) is 10.0 Å². The van der Waals surface area contributed by atoms with Crippen molar-refractivity contribution < 1.29 is 28.2 Å². The SMILES string of the molecule is CN(CC(=O)O)C(=O)c1ncc(C2=CCN(S(=O)(=O)Cc3ccc(Br)cc3)CC2)cc1O. The third-order valence-electron chi connectivity index (χ3n) is 4.99. The van der Waals surface area contributed by atoms with E-state index in [4.69, 9.17) is 5.11 Å². The van der Waals surface area contributed by atoms with Crippen LogP contribution in [0.25, 0.3) is 5.57 Å². The first kappa shape index (κ1) is 23.9. The van der Waals surface area contributed by atoms with Crippen molar-refractivity contribution in [3.8, 4) is 5.75 Å². The van der Waals surface area contributed by atoms with Gasteiger partial charge in [-0.25, -0.2) is 13.4 Å². The van der Waals surface area contributed by atoms with E-state index >= 15 is 0 Å². The molecule has 0 fully saturated rings. The largest absolute Gasteiger partial charge is 0.505 e. The Bertz CT molecular complexity index is 1160. The van der Waals surface area contributed by atoms with E-state index in [0.717, 1.165) is 14.9 Å². The van der Waals surface area contributed by atoms with Crippen molar-refractivity contribution >= 4 is 43.4 Å². The number of carbonyl (C=O) groups excluding carboxylic acids is 1. The van der Waals surface area contributed by atoms with Crippen LogP contribution in [-0.4, -0.2) is 71.4 Å². The van der Waals surface area contributed by atoms with Gasteiger partial charge in [-0.2, -0.15) is 4.31 Å². The third-order valence-corrected chi connectivity index (χ3v) is 7.33. The summed E-state index contributed by atoms with van der Waals surface area (Å²) in [6.45, 7) is -0.0398. The van der Waals surface area contributed by atoms with Crippen LogP contribution >= 0.6 is 15.9 Å². The molecule has 0 atom stereocenters. The van der Waals surface area contributed by atoms with Crippen LogP contribution in [0.1, 0.15) is 28.0 Å². The molecule has 0 spiro atoms. The van der Waals surface area contributed by atoms with E-state index in [9.17, 15) is 23.1 Å². The number of aliphatic carboxylic acids is 1. The third kappa shape index (κ3) is 5.72. The molecule has 1 aliphatic heterocycles. The van der Waals surface area contributed by atoms with Crippen LogP contribution in [0.15, 0.2) is 47.1 Å². The van der Waals surface area contributed by atoms with Crippen LogP contribution in [0, 0.1) is 0 Å². The van der Waals surface area contributed by atoms with Gasteiger partial charge < -0.3 is 15.1 Å². The molecule has 3 rings (SSSR count). The predicted octanol–water partition coefficient (Wildman–Crippen LogP) is 2.33. The second-order valence-corrected chi connectivity index (χ2v) is 10.3. The number of likely N-dealkylation sites (N-methyl/N-ethyl adjacent to an activating group) is 1. The van der Waals surface area contributed by atoms with Crippen molar-refractivity contribution in [3.05, 3.63) is 63.9 Å². The summed E-state index contributed by atoms with van der Waals surface area (Å²) < 4.78 is 27.8. The normalized spacial score (nSPS) is 14.6. The standard InChI is InChI=1S/C21H22BrN3O6S/c1-24(12-19(27)28)21(29)20-18(26)10-16(11-23-20)15-6-8-25(9-7-15)32(30,31)13-14-2-4-17(22)5-3-14/h2-6,10-11,26H,7-9,12-13H2,1H3,(H,27,28). The van der Waals surface area contributed by atoms with Gasteiger partial charge in [-0.05, 0) is 41.3 Å². The Kier molecular flexibility index (Phi) is 7.32. The van der Waals surface area contributed by atoms with E-state index in [1.165, 1.54) is 23.6 Å². The number of sulfonamides is 1. The molecule has 0 unspecified atom stereocenters. The average Bonchev–Trinajstić information content (AvgIpc) is 2.74. The van der Waals surface area contributed by atoms with Gasteiger partial charge in [0, 0.05) is 30.8 Å². The summed E-state index contributed by atoms with van der Waals surface area (Å²) in [6.07, 6.45) is 3.60. The number of benzene rings is 1. The molecule has 0 bridgehead atoms. The Balaban J connectivity index is 1.70. The number of hydrogen-bond acceptors (Lipinski definition) is 6. The maximum Gasteiger partial charge on any atom is 0.323 e. The fourth-order valence-electron chi connectivity index (χ4n) is 3.30. The van der Waals surface area contributed by atoms with E-state index in [1.807, 2.05) is 0 Å². The van der Waals surface area contributed by atoms with Crippen LogP contribution in [0.5, 0.6) is 5.75 Å². The quantitative estimate of drug-likeness (QED) is 0.569. The van der Waals surface area contributed by atoms with Gasteiger partial charge in [-0.15, -0.1) is 0 Å². The lowest BCUT2D eigenvalue weighted by Gasteiger charge is -2.26. The highest BCUT2D eigenvalue weighted by atomic mass is 79.9. The molecule has 2 aromatic rings. The molecule has 0 aliphatic carbocycles. The molecule has 1 aliphatic rings. The maximum atomic E-state index is 12.7. The summed E-state index contributed by atoms with van der Waals surface area (Å²) in [6, 6.07) is 8.50. The van der Waals surface area contributed by atoms with Gasteiger partial charge in [0.25, 0.3) is 5.91 Å². The summed E-state index contributed by atoms with van der Waals surface area (Å²) in [4.78, 5) is 28.0. The number of aromatic hydroxyl groups is 1. The second-order valence-electron chi connectivity index (χ2n) is 7.37. The Morgan fingerprint density at radius 1 is 1.25 bits per heavy atom. The van der Waals surface area contributed by atoms with Gasteiger partial charge >= 0.3 is 5.97 Å². The number of carbonyl (C=O) groups is 2. The van der Waals surface area contributed by atoms with Crippen molar-refractivity contribution in [2.75, 3.05) is 26.7 Å². The van der Waals surface area contributed by atoms with E-state index in [-0.39, 0.29) is 30.3 Å². The van der Waals surface area contributed by atoms with Gasteiger partial charge in [0.15, 0.2) is 5.69 Å². The lowest BCUT2D eigenvalue weighted by Crippen LogP contribution is -2.35. The van der Waals surface area contributed by atoms with Crippen molar-refractivity contribution in [1.82, 2.24) is 14.2 Å². The second kappa shape index (κ2) is 9.80. The van der Waals surface area contributed by atoms with Gasteiger partial charge in [0.05, 0.1) is 5.75 Å². The minimum atomic E-state index is -3.49. The maximum absolute atomic E-state index is 12.7. The average molecular weight is 524 g/mol. The van der Waals surface area contributed by atoms with Gasteiger partial charge in [-0.1, -0.05) is 34.1 Å². The molecule has 9 nitrogen and oxygen atoms in total. The monoisotopic (exact) mass is 523 g/mol. The number of carboxylic acids is 1. The Morgan fingerprint density at radius 3 is 2.50 bits per heavy atom. The first-order chi connectivity index (χ1) is 15.1. The van der Waals surface area contributed by atoms with E-state index in [1.54, 1.807) is 30.3 Å². The van der Waals surface area contributed by atoms with Crippen LogP contribution in [0.3, 0.4) is 0 Å². The Hall–Kier alpha value is -2.76. The number of aromatic nitrogens is 1. The van der Waals surface area contributed by atoms with Crippen molar-refractivity contribution in [1.29, 1.82) is 0 Å². The summed E-state index contributed by atoms with van der Waals surface area (Å²) in [5.41, 5.74) is 1.84. The molecule has 11 heteroatoms. The van der Waals surface area contributed by atoms with Gasteiger partial charge in [0.1, 0.15) is 12.3 Å². The number of carboxylic acid groups (broad SMARTS) is 1. The highest BCUT2D eigenvalue weighted by Crippen LogP contribution is 2.28. The Morgan fingerprint density at radius 2 is 1.94 bits per heavy atom. The summed E-state index contributed by atoms with van der Waals surface area (Å²) in [7, 11) is -2.19. The van der Waals surface area contributed by atoms with Crippen molar-refractivity contribution in [3.63, 3.8) is 0 Å². The highest BCUT2D eigenvalue weighted by molar-refractivity contribution is 9.10. The first-order valence-electron chi connectivity index (χ1n) is 9.65. The molecule has 1 aromatic carbocycles. The molecule has 32 heavy (non-hydrogen) atoms. The molecule has 170 valence electrons. The topological polar surface area (TPSA) is 128 Å². The predicted molar refractivity (Wildman–Crippen MR) is 121 cm³/mol. The number of halogens is 1. The highest BCUT2D eigenvalue weighted by Gasteiger charge is 2.26. The molecule has 0 saturated carbocycles. The van der Waals surface area contributed by atoms with E-state index in [0.29, 0.717) is 17.5 Å². The zero-order chi connectivity index (χ0) is 23.5. The van der Waals surface area contributed by atoms with Crippen LogP contribution in [-0.2, 0) is 20.6 Å². The Labute approximate surface area is 194 Å². The number of hydrogen-bond donors (Lipinski definition) is 2. The first-order valence-corrected chi connectivity index (χ1v) is 12.0. The number of pyridine rings is 1. The molecular formula is C21H22BrN3O6S. The van der Waals surface area contributed by atoms with Crippen LogP contribution in [0.2, 0.25) is 0 Å². The molecule has 0 radical (unpaired) electrons. The molecule has 0 saturated heterocycles. The molecule has 2 N–H and O–H groups in total. The molecular weight excluding hydrogens is 502 g/mol. The number of rotatable bonds is 7. The zero-order valence-corrected chi connectivity index (χ0v) is 19.6. The minimum Gasteiger partial charge on any atom is -0.505 e. The van der Waals surface area contributed by atoms with Gasteiger partial charge in [-0.3, -0.25) is 9.59 Å². The summed E-state index contributed by atoms with van der Waals surface area (Å²) in [5.74, 6) is -2.34. The number of nitrogens with zero attached hydrogens (tertiary/aromatic N) is 3. The lowest BCUT2D eigenvalue weighted by atomic mass is 10.0. The smallest absolute Gasteiger partial charge is 0.323 e. The number of amides is 1. The van der Waals surface area contributed by atoms with E-state index in [2.05, 4.69) is 20.9 Å². The van der Waals surface area contributed by atoms with Crippen LogP contribution < -0.4 is 0 Å². The molecule has 1 aromatic heterocycles. The zero-order valence-electron chi connectivity index (χ0n) is 17.2. The lowest BCUT2D eigenvalue weighted by molar-refractivity contribution is -0.137. The summed E-state index contributed by atoms with van der Waals surface area (Å²) >= 11 is 3.33.